The first kappa shape index (κ1) is 12.2. The van der Waals surface area contributed by atoms with E-state index < -0.39 is 20.4 Å². The van der Waals surface area contributed by atoms with Crippen LogP contribution in [0.5, 0.6) is 5.75 Å². The highest BCUT2D eigenvalue weighted by atomic mass is 32.2. The van der Waals surface area contributed by atoms with E-state index in [2.05, 4.69) is 6.58 Å². The van der Waals surface area contributed by atoms with Gasteiger partial charge >= 0.3 is 5.69 Å². The number of methoxy groups -OCH3 is 1. The molecule has 0 bridgehead atoms. The summed E-state index contributed by atoms with van der Waals surface area (Å²) >= 11 is 0. The van der Waals surface area contributed by atoms with Crippen molar-refractivity contribution in [2.45, 2.75) is 4.90 Å². The second-order valence-corrected chi connectivity index (χ2v) is 4.70. The van der Waals surface area contributed by atoms with Gasteiger partial charge in [-0.15, -0.1) is 0 Å². The molecule has 1 aromatic carbocycles. The molecule has 1 aromatic rings. The van der Waals surface area contributed by atoms with Gasteiger partial charge in [-0.05, 0) is 12.1 Å². The molecule has 0 unspecified atom stereocenters. The SMILES string of the molecule is C=CS(=O)(=O)c1ccc(OC)c([N+](=O)[O-])c1. The van der Waals surface area contributed by atoms with E-state index in [-0.39, 0.29) is 10.6 Å². The molecule has 0 aromatic heterocycles. The van der Waals surface area contributed by atoms with E-state index in [1.165, 1.54) is 19.2 Å². The molecule has 86 valence electrons. The van der Waals surface area contributed by atoms with E-state index in [1.807, 2.05) is 0 Å². The lowest BCUT2D eigenvalue weighted by Gasteiger charge is -2.03. The average molecular weight is 243 g/mol. The Morgan fingerprint density at radius 1 is 1.50 bits per heavy atom. The van der Waals surface area contributed by atoms with Crippen LogP contribution in [0.3, 0.4) is 0 Å². The summed E-state index contributed by atoms with van der Waals surface area (Å²) in [7, 11) is -2.41. The zero-order valence-electron chi connectivity index (χ0n) is 8.41. The lowest BCUT2D eigenvalue weighted by atomic mass is 10.3. The van der Waals surface area contributed by atoms with Crippen molar-refractivity contribution in [3.63, 3.8) is 0 Å². The van der Waals surface area contributed by atoms with Gasteiger partial charge in [-0.2, -0.15) is 0 Å². The Morgan fingerprint density at radius 2 is 2.12 bits per heavy atom. The van der Waals surface area contributed by atoms with Crippen LogP contribution in [-0.2, 0) is 9.84 Å². The molecular weight excluding hydrogens is 234 g/mol. The molecular formula is C9H9NO5S. The fraction of sp³-hybridized carbons (Fsp3) is 0.111. The predicted molar refractivity (Wildman–Crippen MR) is 57.0 cm³/mol. The molecule has 0 saturated heterocycles. The molecule has 0 atom stereocenters. The molecule has 0 saturated carbocycles. The van der Waals surface area contributed by atoms with Gasteiger partial charge in [0.1, 0.15) is 0 Å². The van der Waals surface area contributed by atoms with Gasteiger partial charge in [0.2, 0.25) is 0 Å². The Kier molecular flexibility index (Phi) is 3.28. The fourth-order valence-electron chi connectivity index (χ4n) is 1.09. The normalized spacial score (nSPS) is 10.8. The number of benzene rings is 1. The van der Waals surface area contributed by atoms with Crippen molar-refractivity contribution in [2.24, 2.45) is 0 Å². The molecule has 0 aliphatic rings. The van der Waals surface area contributed by atoms with Crippen molar-refractivity contribution in [1.29, 1.82) is 0 Å². The van der Waals surface area contributed by atoms with Crippen LogP contribution in [-0.4, -0.2) is 20.5 Å². The lowest BCUT2D eigenvalue weighted by molar-refractivity contribution is -0.386. The van der Waals surface area contributed by atoms with Crippen LogP contribution < -0.4 is 4.74 Å². The molecule has 0 aliphatic heterocycles. The first-order valence-corrected chi connectivity index (χ1v) is 5.67. The first-order chi connectivity index (χ1) is 7.42. The quantitative estimate of drug-likeness (QED) is 0.591. The lowest BCUT2D eigenvalue weighted by Crippen LogP contribution is -1.99. The van der Waals surface area contributed by atoms with Crippen molar-refractivity contribution in [1.82, 2.24) is 0 Å². The number of nitro groups is 1. The Bertz CT molecular complexity index is 535. The molecule has 0 aliphatic carbocycles. The molecule has 0 heterocycles. The summed E-state index contributed by atoms with van der Waals surface area (Å²) < 4.78 is 27.5. The number of ether oxygens (including phenoxy) is 1. The standard InChI is InChI=1S/C9H9NO5S/c1-3-16(13,14)7-4-5-9(15-2)8(6-7)10(11)12/h3-6H,1H2,2H3. The molecule has 6 nitrogen and oxygen atoms in total. The molecule has 0 amide bonds. The van der Waals surface area contributed by atoms with Crippen LogP contribution in [0.2, 0.25) is 0 Å². The van der Waals surface area contributed by atoms with Gasteiger partial charge in [-0.3, -0.25) is 10.1 Å². The van der Waals surface area contributed by atoms with Crippen LogP contribution in [0.15, 0.2) is 35.1 Å². The van der Waals surface area contributed by atoms with Gasteiger partial charge in [-0.1, -0.05) is 6.58 Å². The molecule has 0 N–H and O–H groups in total. The summed E-state index contributed by atoms with van der Waals surface area (Å²) in [6.45, 7) is 3.14. The number of hydrogen-bond donors (Lipinski definition) is 0. The Labute approximate surface area is 92.2 Å². The second-order valence-electron chi connectivity index (χ2n) is 2.80. The summed E-state index contributed by atoms with van der Waals surface area (Å²) in [5.41, 5.74) is -0.398. The fourth-order valence-corrected chi connectivity index (χ4v) is 1.81. The highest BCUT2D eigenvalue weighted by Crippen LogP contribution is 2.29. The van der Waals surface area contributed by atoms with Gasteiger partial charge in [0.15, 0.2) is 15.6 Å². The summed E-state index contributed by atoms with van der Waals surface area (Å²) in [6.07, 6.45) is 0. The minimum Gasteiger partial charge on any atom is -0.490 e. The van der Waals surface area contributed by atoms with Crippen LogP contribution in [0, 0.1) is 10.1 Å². The minimum absolute atomic E-state index is 0.00742. The Hall–Kier alpha value is -1.89. The first-order valence-electron chi connectivity index (χ1n) is 4.12. The largest absolute Gasteiger partial charge is 0.490 e. The maximum Gasteiger partial charge on any atom is 0.312 e. The van der Waals surface area contributed by atoms with Gasteiger partial charge < -0.3 is 4.74 Å². The third-order valence-electron chi connectivity index (χ3n) is 1.89. The smallest absolute Gasteiger partial charge is 0.312 e. The average Bonchev–Trinajstić information content (AvgIpc) is 2.28. The molecule has 1 rings (SSSR count). The van der Waals surface area contributed by atoms with E-state index in [9.17, 15) is 18.5 Å². The zero-order chi connectivity index (χ0) is 12.3. The van der Waals surface area contributed by atoms with Crippen LogP contribution in [0.1, 0.15) is 0 Å². The summed E-state index contributed by atoms with van der Waals surface area (Å²) in [5.74, 6) is 0.00742. The molecule has 16 heavy (non-hydrogen) atoms. The third-order valence-corrected chi connectivity index (χ3v) is 3.24. The summed E-state index contributed by atoms with van der Waals surface area (Å²) in [5, 5.41) is 11.4. The number of hydrogen-bond acceptors (Lipinski definition) is 5. The van der Waals surface area contributed by atoms with Crippen molar-refractivity contribution in [3.05, 3.63) is 40.3 Å². The van der Waals surface area contributed by atoms with Crippen molar-refractivity contribution < 1.29 is 18.1 Å². The van der Waals surface area contributed by atoms with E-state index in [0.717, 1.165) is 11.5 Å². The van der Waals surface area contributed by atoms with Gasteiger partial charge in [0, 0.05) is 11.5 Å². The maximum atomic E-state index is 11.4. The highest BCUT2D eigenvalue weighted by Gasteiger charge is 2.19. The van der Waals surface area contributed by atoms with Crippen molar-refractivity contribution >= 4 is 15.5 Å². The second kappa shape index (κ2) is 4.31. The zero-order valence-corrected chi connectivity index (χ0v) is 9.23. The number of nitro benzene ring substituents is 1. The summed E-state index contributed by atoms with van der Waals surface area (Å²) in [6, 6.07) is 3.40. The topological polar surface area (TPSA) is 86.5 Å². The predicted octanol–water partition coefficient (Wildman–Crippen LogP) is 1.52. The van der Waals surface area contributed by atoms with E-state index in [1.54, 1.807) is 0 Å². The van der Waals surface area contributed by atoms with E-state index in [4.69, 9.17) is 4.74 Å². The number of nitrogens with zero attached hydrogens (tertiary/aromatic N) is 1. The van der Waals surface area contributed by atoms with Crippen LogP contribution >= 0.6 is 0 Å². The maximum absolute atomic E-state index is 11.4. The molecule has 0 fully saturated rings. The summed E-state index contributed by atoms with van der Waals surface area (Å²) in [4.78, 5) is 9.76. The van der Waals surface area contributed by atoms with Gasteiger partial charge in [0.05, 0.1) is 16.9 Å². The van der Waals surface area contributed by atoms with Crippen LogP contribution in [0.4, 0.5) is 5.69 Å². The van der Waals surface area contributed by atoms with Gasteiger partial charge in [0.25, 0.3) is 0 Å². The number of rotatable bonds is 4. The van der Waals surface area contributed by atoms with E-state index >= 15 is 0 Å². The third kappa shape index (κ3) is 2.19. The Balaban J connectivity index is 3.45. The van der Waals surface area contributed by atoms with E-state index in [0.29, 0.717) is 0 Å². The van der Waals surface area contributed by atoms with Crippen LogP contribution in [0.25, 0.3) is 0 Å². The number of sulfone groups is 1. The Morgan fingerprint density at radius 3 is 2.56 bits per heavy atom. The minimum atomic E-state index is -3.68. The molecule has 0 spiro atoms. The van der Waals surface area contributed by atoms with Crippen molar-refractivity contribution in [3.8, 4) is 5.75 Å². The molecule has 0 radical (unpaired) electrons. The van der Waals surface area contributed by atoms with Crippen molar-refractivity contribution in [2.75, 3.05) is 7.11 Å². The molecule has 7 heteroatoms. The van der Waals surface area contributed by atoms with Gasteiger partial charge in [-0.25, -0.2) is 8.42 Å². The highest BCUT2D eigenvalue weighted by molar-refractivity contribution is 7.94. The monoisotopic (exact) mass is 243 g/mol.